The molecule has 0 amide bonds. The first-order valence-corrected chi connectivity index (χ1v) is 10.1. The molecule has 4 rings (SSSR count). The summed E-state index contributed by atoms with van der Waals surface area (Å²) >= 11 is 3.59. The molecule has 0 saturated carbocycles. The highest BCUT2D eigenvalue weighted by Crippen LogP contribution is 2.54. The second-order valence-corrected chi connectivity index (χ2v) is 8.57. The van der Waals surface area contributed by atoms with Crippen molar-refractivity contribution in [3.63, 3.8) is 0 Å². The second kappa shape index (κ2) is 7.34. The topological polar surface area (TPSA) is 30.5 Å². The van der Waals surface area contributed by atoms with Crippen LogP contribution >= 0.6 is 15.9 Å². The van der Waals surface area contributed by atoms with Crippen molar-refractivity contribution in [2.45, 2.75) is 37.8 Å². The molecule has 1 spiro atoms. The van der Waals surface area contributed by atoms with Crippen LogP contribution in [0.2, 0.25) is 0 Å². The van der Waals surface area contributed by atoms with Crippen molar-refractivity contribution in [3.05, 3.63) is 63.6 Å². The smallest absolute Gasteiger partial charge is 0.119 e. The maximum atomic E-state index is 6.06. The lowest BCUT2D eigenvalue weighted by molar-refractivity contribution is -0.0290. The summed E-state index contributed by atoms with van der Waals surface area (Å²) in [6.45, 7) is 1.05. The van der Waals surface area contributed by atoms with E-state index in [2.05, 4.69) is 63.7 Å². The highest BCUT2D eigenvalue weighted by molar-refractivity contribution is 9.10. The highest BCUT2D eigenvalue weighted by Gasteiger charge is 2.49. The first kappa shape index (κ1) is 18.0. The van der Waals surface area contributed by atoms with Crippen LogP contribution in [-0.4, -0.2) is 26.8 Å². The predicted molar refractivity (Wildman–Crippen MR) is 108 cm³/mol. The van der Waals surface area contributed by atoms with E-state index in [1.807, 2.05) is 7.11 Å². The number of halogens is 1. The van der Waals surface area contributed by atoms with Gasteiger partial charge in [0.1, 0.15) is 5.75 Å². The number of nitrogens with one attached hydrogen (secondary N) is 1. The van der Waals surface area contributed by atoms with Crippen molar-refractivity contribution >= 4 is 15.9 Å². The summed E-state index contributed by atoms with van der Waals surface area (Å²) < 4.78 is 12.7. The fourth-order valence-electron chi connectivity index (χ4n) is 4.97. The molecule has 3 nitrogen and oxygen atoms in total. The van der Waals surface area contributed by atoms with Gasteiger partial charge >= 0.3 is 0 Å². The van der Waals surface area contributed by atoms with Gasteiger partial charge in [-0.2, -0.15) is 0 Å². The second-order valence-electron chi connectivity index (χ2n) is 7.66. The lowest BCUT2D eigenvalue weighted by Crippen LogP contribution is -2.47. The average Bonchev–Trinajstić information content (AvgIpc) is 2.92. The Morgan fingerprint density at radius 3 is 2.85 bits per heavy atom. The van der Waals surface area contributed by atoms with Crippen molar-refractivity contribution in [1.82, 2.24) is 5.32 Å². The zero-order valence-corrected chi connectivity index (χ0v) is 17.0. The van der Waals surface area contributed by atoms with E-state index in [1.54, 1.807) is 7.11 Å². The van der Waals surface area contributed by atoms with Gasteiger partial charge in [0.2, 0.25) is 0 Å². The molecule has 2 aliphatic rings. The quantitative estimate of drug-likeness (QED) is 0.785. The molecule has 4 heteroatoms. The first-order chi connectivity index (χ1) is 12.6. The maximum absolute atomic E-state index is 6.06. The zero-order chi connectivity index (χ0) is 18.1. The molecule has 2 aromatic carbocycles. The molecular formula is C22H26BrNO2. The number of ether oxygens (including phenoxy) is 2. The third-order valence-electron chi connectivity index (χ3n) is 6.05. The number of rotatable bonds is 4. The number of piperidine rings is 1. The summed E-state index contributed by atoms with van der Waals surface area (Å²) in [6.07, 6.45) is 4.59. The van der Waals surface area contributed by atoms with Crippen LogP contribution in [0.15, 0.2) is 46.9 Å². The molecule has 0 aromatic heterocycles. The van der Waals surface area contributed by atoms with E-state index in [-0.39, 0.29) is 11.5 Å². The van der Waals surface area contributed by atoms with Crippen LogP contribution in [0, 0.1) is 5.41 Å². The van der Waals surface area contributed by atoms with Crippen LogP contribution in [0.3, 0.4) is 0 Å². The van der Waals surface area contributed by atoms with Gasteiger partial charge < -0.3 is 14.8 Å². The first-order valence-electron chi connectivity index (χ1n) is 9.31. The molecule has 3 atom stereocenters. The van der Waals surface area contributed by atoms with E-state index in [1.165, 1.54) is 16.7 Å². The lowest BCUT2D eigenvalue weighted by Gasteiger charge is -2.42. The Kier molecular flexibility index (Phi) is 5.09. The highest BCUT2D eigenvalue weighted by atomic mass is 79.9. The molecule has 0 bridgehead atoms. The molecule has 1 unspecified atom stereocenters. The Bertz CT molecular complexity index is 793. The Labute approximate surface area is 164 Å². The molecule has 0 radical (unpaired) electrons. The van der Waals surface area contributed by atoms with Crippen molar-refractivity contribution < 1.29 is 9.47 Å². The van der Waals surface area contributed by atoms with Gasteiger partial charge in [-0.1, -0.05) is 34.1 Å². The van der Waals surface area contributed by atoms with Crippen molar-refractivity contribution in [2.75, 3.05) is 20.8 Å². The van der Waals surface area contributed by atoms with E-state index in [0.29, 0.717) is 6.04 Å². The Balaban J connectivity index is 1.57. The van der Waals surface area contributed by atoms with E-state index < -0.39 is 0 Å². The summed E-state index contributed by atoms with van der Waals surface area (Å²) in [7, 11) is 3.58. The fourth-order valence-corrected chi connectivity index (χ4v) is 5.41. The van der Waals surface area contributed by atoms with Gasteiger partial charge in [-0.15, -0.1) is 0 Å². The molecular weight excluding hydrogens is 390 g/mol. The third-order valence-corrected chi connectivity index (χ3v) is 6.54. The van der Waals surface area contributed by atoms with E-state index in [9.17, 15) is 0 Å². The molecule has 1 N–H and O–H groups in total. The van der Waals surface area contributed by atoms with Crippen molar-refractivity contribution in [1.29, 1.82) is 0 Å². The number of hydrogen-bond donors (Lipinski definition) is 1. The lowest BCUT2D eigenvalue weighted by atomic mass is 9.71. The Morgan fingerprint density at radius 1 is 1.19 bits per heavy atom. The van der Waals surface area contributed by atoms with Gasteiger partial charge in [-0.05, 0) is 73.2 Å². The van der Waals surface area contributed by atoms with E-state index >= 15 is 0 Å². The van der Waals surface area contributed by atoms with Crippen LogP contribution in [0.5, 0.6) is 5.75 Å². The molecule has 1 aliphatic heterocycles. The molecule has 1 fully saturated rings. The average molecular weight is 416 g/mol. The molecule has 2 aromatic rings. The predicted octanol–water partition coefficient (Wildman–Crippen LogP) is 4.68. The monoisotopic (exact) mass is 415 g/mol. The SMILES string of the molecule is COc1ccc2c(c1)[C@H](OC)C1(CCN[C@H](Cc3cccc(Br)c3)C1)C2. The minimum Gasteiger partial charge on any atom is -0.497 e. The number of fused-ring (bicyclic) bond motifs is 1. The van der Waals surface area contributed by atoms with E-state index in [0.717, 1.165) is 42.5 Å². The number of hydrogen-bond acceptors (Lipinski definition) is 3. The number of methoxy groups -OCH3 is 2. The zero-order valence-electron chi connectivity index (χ0n) is 15.4. The van der Waals surface area contributed by atoms with Gasteiger partial charge in [0.15, 0.2) is 0 Å². The largest absolute Gasteiger partial charge is 0.497 e. The van der Waals surface area contributed by atoms with Gasteiger partial charge in [-0.3, -0.25) is 0 Å². The van der Waals surface area contributed by atoms with Crippen LogP contribution in [0.4, 0.5) is 0 Å². The summed E-state index contributed by atoms with van der Waals surface area (Å²) in [4.78, 5) is 0. The van der Waals surface area contributed by atoms with Gasteiger partial charge in [0.25, 0.3) is 0 Å². The minimum atomic E-state index is 0.153. The summed E-state index contributed by atoms with van der Waals surface area (Å²) in [6, 6.07) is 15.6. The van der Waals surface area contributed by atoms with Crippen LogP contribution in [-0.2, 0) is 17.6 Å². The van der Waals surface area contributed by atoms with E-state index in [4.69, 9.17) is 9.47 Å². The summed E-state index contributed by atoms with van der Waals surface area (Å²) in [5.74, 6) is 0.919. The van der Waals surface area contributed by atoms with Gasteiger partial charge in [0.05, 0.1) is 13.2 Å². The van der Waals surface area contributed by atoms with Crippen molar-refractivity contribution in [3.8, 4) is 5.75 Å². The van der Waals surface area contributed by atoms with Crippen molar-refractivity contribution in [2.24, 2.45) is 5.41 Å². The van der Waals surface area contributed by atoms with Gasteiger partial charge in [-0.25, -0.2) is 0 Å². The summed E-state index contributed by atoms with van der Waals surface area (Å²) in [5.41, 5.74) is 4.29. The third kappa shape index (κ3) is 3.30. The normalized spacial score (nSPS) is 27.5. The van der Waals surface area contributed by atoms with Crippen LogP contribution < -0.4 is 10.1 Å². The fraction of sp³-hybridized carbons (Fsp3) is 0.455. The molecule has 26 heavy (non-hydrogen) atoms. The maximum Gasteiger partial charge on any atom is 0.119 e. The minimum absolute atomic E-state index is 0.153. The molecule has 1 aliphatic carbocycles. The van der Waals surface area contributed by atoms with Crippen LogP contribution in [0.1, 0.15) is 35.6 Å². The number of benzene rings is 2. The van der Waals surface area contributed by atoms with Gasteiger partial charge in [0, 0.05) is 23.0 Å². The Morgan fingerprint density at radius 2 is 2.08 bits per heavy atom. The standard InChI is InChI=1S/C22H26BrNO2/c1-25-19-7-6-16-13-22(21(26-2)20(16)12-19)8-9-24-18(14-22)11-15-4-3-5-17(23)10-15/h3-7,10,12,18,21,24H,8-9,11,13-14H2,1-2H3/t18-,21+,22?/m1/s1. The summed E-state index contributed by atoms with van der Waals surface area (Å²) in [5, 5.41) is 3.74. The molecule has 1 saturated heterocycles. The molecule has 138 valence electrons. The van der Waals surface area contributed by atoms with Crippen LogP contribution in [0.25, 0.3) is 0 Å². The Hall–Kier alpha value is -1.36. The molecule has 1 heterocycles.